The second kappa shape index (κ2) is 7.31. The van der Waals surface area contributed by atoms with Crippen molar-refractivity contribution in [2.75, 3.05) is 23.8 Å². The van der Waals surface area contributed by atoms with Crippen LogP contribution in [-0.4, -0.2) is 43.5 Å². The molecule has 0 saturated carbocycles. The van der Waals surface area contributed by atoms with Gasteiger partial charge < -0.3 is 10.0 Å². The number of aliphatic hydroxyl groups is 1. The van der Waals surface area contributed by atoms with Crippen LogP contribution in [0.2, 0.25) is 5.15 Å². The first-order valence-corrected chi connectivity index (χ1v) is 10.8. The molecule has 3 rings (SSSR count). The maximum Gasteiger partial charge on any atom is 0.209 e. The molecule has 2 heterocycles. The summed E-state index contributed by atoms with van der Waals surface area (Å²) in [6.07, 6.45) is 2.44. The first kappa shape index (κ1) is 19.4. The molecule has 0 radical (unpaired) electrons. The van der Waals surface area contributed by atoms with Gasteiger partial charge in [0.15, 0.2) is 0 Å². The summed E-state index contributed by atoms with van der Waals surface area (Å²) < 4.78 is 22.7. The average molecular weight is 398 g/mol. The Morgan fingerprint density at radius 1 is 1.42 bits per heavy atom. The van der Waals surface area contributed by atoms with E-state index in [2.05, 4.69) is 22.9 Å². The van der Waals surface area contributed by atoms with Gasteiger partial charge in [-0.05, 0) is 42.3 Å². The second-order valence-corrected chi connectivity index (χ2v) is 9.17. The highest BCUT2D eigenvalue weighted by Gasteiger charge is 2.38. The molecule has 0 spiro atoms. The molecule has 0 bridgehead atoms. The van der Waals surface area contributed by atoms with Crippen LogP contribution >= 0.6 is 11.6 Å². The van der Waals surface area contributed by atoms with Crippen LogP contribution < -0.4 is 10.0 Å². The molecule has 2 aromatic rings. The number of nitrogens with zero attached hydrogens (tertiary/aromatic N) is 2. The smallest absolute Gasteiger partial charge is 0.209 e. The van der Waals surface area contributed by atoms with E-state index in [1.165, 1.54) is 0 Å². The number of anilines is 1. The van der Waals surface area contributed by atoms with Crippen molar-refractivity contribution in [1.82, 2.24) is 4.98 Å². The number of nitrogens with two attached hydrogens (primary N) is 1. The average Bonchev–Trinajstić information content (AvgIpc) is 2.56. The van der Waals surface area contributed by atoms with Crippen LogP contribution in [0.15, 0.2) is 24.4 Å². The van der Waals surface area contributed by atoms with Gasteiger partial charge in [-0.3, -0.25) is 0 Å². The zero-order chi connectivity index (χ0) is 19.1. The molecule has 6 nitrogen and oxygen atoms in total. The largest absolute Gasteiger partial charge is 0.396 e. The highest BCUT2D eigenvalue weighted by molar-refractivity contribution is 7.89. The maximum absolute atomic E-state index is 11.4. The number of hydrogen-bond donors (Lipinski definition) is 2. The third kappa shape index (κ3) is 3.81. The lowest BCUT2D eigenvalue weighted by Crippen LogP contribution is -2.57. The van der Waals surface area contributed by atoms with Gasteiger partial charge in [0.25, 0.3) is 0 Å². The van der Waals surface area contributed by atoms with Crippen LogP contribution in [0.5, 0.6) is 0 Å². The number of halogens is 1. The Balaban J connectivity index is 1.97. The van der Waals surface area contributed by atoms with Crippen molar-refractivity contribution in [1.29, 1.82) is 0 Å². The number of aromatic nitrogens is 1. The van der Waals surface area contributed by atoms with Gasteiger partial charge in [0, 0.05) is 42.4 Å². The summed E-state index contributed by atoms with van der Waals surface area (Å²) in [6.45, 7) is 4.85. The molecule has 0 aliphatic carbocycles. The van der Waals surface area contributed by atoms with Crippen LogP contribution in [-0.2, 0) is 10.0 Å². The predicted octanol–water partition coefficient (Wildman–Crippen LogP) is 2.49. The molecule has 8 heteroatoms. The minimum Gasteiger partial charge on any atom is -0.396 e. The Morgan fingerprint density at radius 3 is 2.77 bits per heavy atom. The van der Waals surface area contributed by atoms with Crippen LogP contribution in [0.3, 0.4) is 0 Å². The van der Waals surface area contributed by atoms with Crippen LogP contribution in [0.4, 0.5) is 5.69 Å². The summed E-state index contributed by atoms with van der Waals surface area (Å²) in [7, 11) is -3.48. The Labute approximate surface area is 159 Å². The molecule has 1 unspecified atom stereocenters. The number of aliphatic hydroxyl groups excluding tert-OH is 1. The van der Waals surface area contributed by atoms with E-state index < -0.39 is 10.0 Å². The van der Waals surface area contributed by atoms with Crippen molar-refractivity contribution in [3.8, 4) is 0 Å². The number of sulfonamides is 1. The van der Waals surface area contributed by atoms with Crippen LogP contribution in [0.1, 0.15) is 31.7 Å². The van der Waals surface area contributed by atoms with Gasteiger partial charge >= 0.3 is 0 Å². The minimum absolute atomic E-state index is 0.00169. The Kier molecular flexibility index (Phi) is 5.44. The number of benzene rings is 1. The van der Waals surface area contributed by atoms with Crippen LogP contribution in [0, 0.1) is 5.92 Å². The van der Waals surface area contributed by atoms with Crippen molar-refractivity contribution in [3.63, 3.8) is 0 Å². The quantitative estimate of drug-likeness (QED) is 0.730. The lowest BCUT2D eigenvalue weighted by molar-refractivity contribution is 0.279. The first-order valence-electron chi connectivity index (χ1n) is 8.67. The lowest BCUT2D eigenvalue weighted by Gasteiger charge is -2.48. The molecule has 1 aliphatic rings. The summed E-state index contributed by atoms with van der Waals surface area (Å²) in [4.78, 5) is 6.41. The van der Waals surface area contributed by atoms with E-state index >= 15 is 0 Å². The zero-order valence-electron chi connectivity index (χ0n) is 14.9. The standard InChI is InChI=1S/C18H24ClN3O3S/c1-11(5-6-23)14-3-4-17(16-8-21-18(19)7-15(14)16)22-9-13(12(22)2)10-26(20,24)25/h3-4,7-8,11-13,23H,5-6,9-10H2,1-2H3,(H2,20,24,25)/t11?,12-,13-/m1/s1. The van der Waals surface area contributed by atoms with Gasteiger partial charge in [-0.25, -0.2) is 18.5 Å². The molecule has 1 aromatic carbocycles. The number of primary sulfonamides is 1. The fraction of sp³-hybridized carbons (Fsp3) is 0.500. The summed E-state index contributed by atoms with van der Waals surface area (Å²) in [5, 5.41) is 16.9. The van der Waals surface area contributed by atoms with Gasteiger partial charge in [-0.2, -0.15) is 0 Å². The highest BCUT2D eigenvalue weighted by atomic mass is 35.5. The van der Waals surface area contributed by atoms with E-state index in [4.69, 9.17) is 16.7 Å². The van der Waals surface area contributed by atoms with Gasteiger partial charge in [0.1, 0.15) is 5.15 Å². The van der Waals surface area contributed by atoms with Gasteiger partial charge in [0.05, 0.1) is 5.75 Å². The van der Waals surface area contributed by atoms with Crippen molar-refractivity contribution in [2.24, 2.45) is 11.1 Å². The van der Waals surface area contributed by atoms with Crippen LogP contribution in [0.25, 0.3) is 10.8 Å². The van der Waals surface area contributed by atoms with E-state index in [1.807, 2.05) is 19.1 Å². The molecule has 142 valence electrons. The Bertz CT molecular complexity index is 919. The van der Waals surface area contributed by atoms with Gasteiger partial charge in [-0.1, -0.05) is 24.6 Å². The monoisotopic (exact) mass is 397 g/mol. The molecular formula is C18H24ClN3O3S. The third-order valence-corrected chi connectivity index (χ3v) is 6.43. The second-order valence-electron chi connectivity index (χ2n) is 7.12. The summed E-state index contributed by atoms with van der Waals surface area (Å²) in [5.74, 6) is 0.213. The fourth-order valence-electron chi connectivity index (χ4n) is 3.75. The highest BCUT2D eigenvalue weighted by Crippen LogP contribution is 2.39. The molecular weight excluding hydrogens is 374 g/mol. The summed E-state index contributed by atoms with van der Waals surface area (Å²) >= 11 is 6.12. The summed E-state index contributed by atoms with van der Waals surface area (Å²) in [5.41, 5.74) is 2.14. The fourth-order valence-corrected chi connectivity index (χ4v) is 4.89. The van der Waals surface area contributed by atoms with E-state index in [-0.39, 0.29) is 30.2 Å². The molecule has 1 aliphatic heterocycles. The third-order valence-electron chi connectivity index (χ3n) is 5.33. The van der Waals surface area contributed by atoms with Crippen molar-refractivity contribution in [2.45, 2.75) is 32.2 Å². The molecule has 3 N–H and O–H groups in total. The normalized spacial score (nSPS) is 21.7. The van der Waals surface area contributed by atoms with Gasteiger partial charge in [0.2, 0.25) is 10.0 Å². The molecule has 26 heavy (non-hydrogen) atoms. The lowest BCUT2D eigenvalue weighted by atomic mass is 9.88. The zero-order valence-corrected chi connectivity index (χ0v) is 16.5. The number of pyridine rings is 1. The molecule has 3 atom stereocenters. The van der Waals surface area contributed by atoms with E-state index in [1.54, 1.807) is 6.20 Å². The van der Waals surface area contributed by atoms with E-state index in [0.29, 0.717) is 18.1 Å². The summed E-state index contributed by atoms with van der Waals surface area (Å²) in [6, 6.07) is 6.04. The molecule has 0 amide bonds. The number of rotatable bonds is 6. The number of hydrogen-bond acceptors (Lipinski definition) is 5. The van der Waals surface area contributed by atoms with Crippen molar-refractivity contribution < 1.29 is 13.5 Å². The molecule has 1 saturated heterocycles. The maximum atomic E-state index is 11.4. The Hall–Kier alpha value is -1.41. The Morgan fingerprint density at radius 2 is 2.15 bits per heavy atom. The first-order chi connectivity index (χ1) is 12.2. The van der Waals surface area contributed by atoms with E-state index in [9.17, 15) is 13.5 Å². The predicted molar refractivity (Wildman–Crippen MR) is 105 cm³/mol. The SMILES string of the molecule is CC(CCO)c1ccc(N2C[C@H](CS(N)(=O)=O)[C@H]2C)c2cnc(Cl)cc12. The minimum atomic E-state index is -3.48. The molecule has 1 aromatic heterocycles. The van der Waals surface area contributed by atoms with E-state index in [0.717, 1.165) is 22.0 Å². The number of fused-ring (bicyclic) bond motifs is 1. The topological polar surface area (TPSA) is 96.5 Å². The molecule has 1 fully saturated rings. The van der Waals surface area contributed by atoms with Gasteiger partial charge in [-0.15, -0.1) is 0 Å². The van der Waals surface area contributed by atoms with Crippen molar-refractivity contribution in [3.05, 3.63) is 35.1 Å². The van der Waals surface area contributed by atoms with Crippen molar-refractivity contribution >= 4 is 38.1 Å².